The van der Waals surface area contributed by atoms with Crippen LogP contribution in [0.4, 0.5) is 4.79 Å². The highest BCUT2D eigenvalue weighted by molar-refractivity contribution is 5.90. The summed E-state index contributed by atoms with van der Waals surface area (Å²) in [4.78, 5) is 25.9. The summed E-state index contributed by atoms with van der Waals surface area (Å²) in [5.74, 6) is -0.475. The molecule has 1 aromatic rings. The van der Waals surface area contributed by atoms with Crippen molar-refractivity contribution in [3.63, 3.8) is 0 Å². The van der Waals surface area contributed by atoms with E-state index < -0.39 is 17.6 Å². The van der Waals surface area contributed by atoms with Gasteiger partial charge in [-0.05, 0) is 18.6 Å². The smallest absolute Gasteiger partial charge is 0.411 e. The Morgan fingerprint density at radius 3 is 2.43 bits per heavy atom. The summed E-state index contributed by atoms with van der Waals surface area (Å²) in [5, 5.41) is 0. The molecule has 1 aliphatic heterocycles. The number of esters is 1. The highest BCUT2D eigenvalue weighted by Gasteiger charge is 2.51. The number of methoxy groups -OCH3 is 2. The predicted molar refractivity (Wildman–Crippen MR) is 77.7 cm³/mol. The van der Waals surface area contributed by atoms with Gasteiger partial charge in [0.2, 0.25) is 0 Å². The molecular weight excluding hydrogens is 270 g/mol. The first kappa shape index (κ1) is 15.1. The largest absolute Gasteiger partial charge is 0.467 e. The van der Waals surface area contributed by atoms with Crippen molar-refractivity contribution in [2.45, 2.75) is 24.9 Å². The minimum absolute atomic E-state index is 0.236. The van der Waals surface area contributed by atoms with Gasteiger partial charge in [0.05, 0.1) is 20.3 Å². The van der Waals surface area contributed by atoms with Crippen molar-refractivity contribution in [1.82, 2.24) is 4.90 Å². The Bertz CT molecular complexity index is 555. The average Bonchev–Trinajstić information content (AvgIpc) is 2.84. The monoisotopic (exact) mass is 289 g/mol. The van der Waals surface area contributed by atoms with Gasteiger partial charge in [0.25, 0.3) is 0 Å². The van der Waals surface area contributed by atoms with E-state index in [0.717, 1.165) is 5.56 Å². The number of benzene rings is 1. The van der Waals surface area contributed by atoms with E-state index in [0.29, 0.717) is 6.42 Å². The summed E-state index contributed by atoms with van der Waals surface area (Å²) < 4.78 is 9.77. The number of hydrogen-bond donors (Lipinski definition) is 0. The Kier molecular flexibility index (Phi) is 4.31. The Hall–Kier alpha value is -2.30. The van der Waals surface area contributed by atoms with Crippen LogP contribution in [0.15, 0.2) is 42.5 Å². The third-order valence-electron chi connectivity index (χ3n) is 3.71. The molecule has 0 fully saturated rings. The van der Waals surface area contributed by atoms with Crippen LogP contribution in [0, 0.1) is 0 Å². The molecule has 21 heavy (non-hydrogen) atoms. The number of ether oxygens (including phenoxy) is 2. The van der Waals surface area contributed by atoms with Crippen LogP contribution in [-0.4, -0.2) is 42.8 Å². The number of hydrogen-bond acceptors (Lipinski definition) is 4. The summed E-state index contributed by atoms with van der Waals surface area (Å²) in [6.07, 6.45) is 3.34. The number of nitrogens with zero attached hydrogens (tertiary/aromatic N) is 1. The molecule has 0 spiro atoms. The second kappa shape index (κ2) is 5.99. The van der Waals surface area contributed by atoms with E-state index in [1.807, 2.05) is 43.3 Å². The maximum absolute atomic E-state index is 12.4. The lowest BCUT2D eigenvalue weighted by Gasteiger charge is -2.36. The Morgan fingerprint density at radius 1 is 1.19 bits per heavy atom. The van der Waals surface area contributed by atoms with Crippen LogP contribution >= 0.6 is 0 Å². The Labute approximate surface area is 124 Å². The van der Waals surface area contributed by atoms with Crippen molar-refractivity contribution in [3.8, 4) is 0 Å². The Balaban J connectivity index is 2.44. The second-order valence-corrected chi connectivity index (χ2v) is 5.02. The first-order valence-electron chi connectivity index (χ1n) is 6.74. The van der Waals surface area contributed by atoms with Crippen molar-refractivity contribution >= 4 is 12.1 Å². The normalized spacial score (nSPS) is 24.0. The molecule has 2 atom stereocenters. The lowest BCUT2D eigenvalue weighted by atomic mass is 9.90. The number of carbonyl (C=O) groups is 2. The molecule has 0 aliphatic carbocycles. The number of rotatable bonds is 3. The summed E-state index contributed by atoms with van der Waals surface area (Å²) in [6, 6.07) is 9.28. The molecule has 0 aromatic heterocycles. The molecule has 0 N–H and O–H groups in total. The highest BCUT2D eigenvalue weighted by Crippen LogP contribution is 2.33. The first-order chi connectivity index (χ1) is 10.0. The highest BCUT2D eigenvalue weighted by atomic mass is 16.5. The zero-order valence-electron chi connectivity index (χ0n) is 12.4. The van der Waals surface area contributed by atoms with Crippen LogP contribution in [0.2, 0.25) is 0 Å². The molecule has 1 heterocycles. The minimum Gasteiger partial charge on any atom is -0.467 e. The van der Waals surface area contributed by atoms with E-state index in [9.17, 15) is 9.59 Å². The molecule has 2 rings (SSSR count). The molecule has 1 aromatic carbocycles. The van der Waals surface area contributed by atoms with Crippen molar-refractivity contribution < 1.29 is 19.1 Å². The average molecular weight is 289 g/mol. The van der Waals surface area contributed by atoms with Gasteiger partial charge in [0.15, 0.2) is 5.54 Å². The van der Waals surface area contributed by atoms with Gasteiger partial charge in [-0.2, -0.15) is 0 Å². The van der Waals surface area contributed by atoms with Gasteiger partial charge >= 0.3 is 12.1 Å². The van der Waals surface area contributed by atoms with E-state index in [2.05, 4.69) is 0 Å². The number of amides is 1. The summed E-state index contributed by atoms with van der Waals surface area (Å²) >= 11 is 0. The van der Waals surface area contributed by atoms with Gasteiger partial charge in [0, 0.05) is 6.42 Å². The fraction of sp³-hybridized carbons (Fsp3) is 0.375. The molecule has 1 aliphatic rings. The SMILES string of the molecule is COC(=O)N1[C@H](C)C=C[C@]1(Cc1ccccc1)C(=O)OC. The fourth-order valence-electron chi connectivity index (χ4n) is 2.72. The third kappa shape index (κ3) is 2.63. The second-order valence-electron chi connectivity index (χ2n) is 5.02. The van der Waals surface area contributed by atoms with Crippen LogP contribution in [0.25, 0.3) is 0 Å². The van der Waals surface area contributed by atoms with Gasteiger partial charge in [0.1, 0.15) is 0 Å². The van der Waals surface area contributed by atoms with Crippen LogP contribution in [-0.2, 0) is 20.7 Å². The van der Waals surface area contributed by atoms with Gasteiger partial charge in [-0.25, -0.2) is 9.59 Å². The molecule has 5 heteroatoms. The van der Waals surface area contributed by atoms with Crippen LogP contribution in [0.1, 0.15) is 12.5 Å². The molecule has 0 radical (unpaired) electrons. The summed E-state index contributed by atoms with van der Waals surface area (Å²) in [6.45, 7) is 1.84. The van der Waals surface area contributed by atoms with Crippen molar-refractivity contribution in [2.24, 2.45) is 0 Å². The molecule has 0 bridgehead atoms. The zero-order chi connectivity index (χ0) is 15.5. The maximum atomic E-state index is 12.4. The van der Waals surface area contributed by atoms with E-state index >= 15 is 0 Å². The quantitative estimate of drug-likeness (QED) is 0.632. The maximum Gasteiger partial charge on any atom is 0.411 e. The molecule has 1 amide bonds. The molecule has 0 unspecified atom stereocenters. The first-order valence-corrected chi connectivity index (χ1v) is 6.74. The lowest BCUT2D eigenvalue weighted by molar-refractivity contribution is -0.151. The summed E-state index contributed by atoms with van der Waals surface area (Å²) in [7, 11) is 2.62. The zero-order valence-corrected chi connectivity index (χ0v) is 12.4. The van der Waals surface area contributed by atoms with Gasteiger partial charge < -0.3 is 9.47 Å². The van der Waals surface area contributed by atoms with Crippen LogP contribution < -0.4 is 0 Å². The van der Waals surface area contributed by atoms with Crippen molar-refractivity contribution in [3.05, 3.63) is 48.0 Å². The van der Waals surface area contributed by atoms with E-state index in [1.165, 1.54) is 19.1 Å². The van der Waals surface area contributed by atoms with Crippen molar-refractivity contribution in [1.29, 1.82) is 0 Å². The minimum atomic E-state index is -1.16. The molecule has 5 nitrogen and oxygen atoms in total. The Morgan fingerprint density at radius 2 is 1.86 bits per heavy atom. The van der Waals surface area contributed by atoms with E-state index in [1.54, 1.807) is 6.08 Å². The number of carbonyl (C=O) groups excluding carboxylic acids is 2. The molecule has 112 valence electrons. The lowest BCUT2D eigenvalue weighted by Crippen LogP contribution is -2.57. The fourth-order valence-corrected chi connectivity index (χ4v) is 2.72. The van der Waals surface area contributed by atoms with Crippen LogP contribution in [0.5, 0.6) is 0 Å². The van der Waals surface area contributed by atoms with Crippen LogP contribution in [0.3, 0.4) is 0 Å². The van der Waals surface area contributed by atoms with E-state index in [-0.39, 0.29) is 6.04 Å². The van der Waals surface area contributed by atoms with Gasteiger partial charge in [-0.3, -0.25) is 4.90 Å². The molecular formula is C16H19NO4. The van der Waals surface area contributed by atoms with E-state index in [4.69, 9.17) is 9.47 Å². The molecule has 0 saturated heterocycles. The topological polar surface area (TPSA) is 55.8 Å². The van der Waals surface area contributed by atoms with Gasteiger partial charge in [-0.15, -0.1) is 0 Å². The summed E-state index contributed by atoms with van der Waals surface area (Å²) in [5.41, 5.74) is -0.224. The van der Waals surface area contributed by atoms with Gasteiger partial charge in [-0.1, -0.05) is 36.4 Å². The third-order valence-corrected chi connectivity index (χ3v) is 3.71. The standard InChI is InChI=1S/C16H19NO4/c1-12-9-10-16(14(18)20-2,17(12)15(19)21-3)11-13-7-5-4-6-8-13/h4-10,12H,11H2,1-3H3/t12-,16+/m1/s1. The predicted octanol–water partition coefficient (Wildman–Crippen LogP) is 2.17. The molecule has 0 saturated carbocycles. The van der Waals surface area contributed by atoms with Crippen molar-refractivity contribution in [2.75, 3.05) is 14.2 Å².